The summed E-state index contributed by atoms with van der Waals surface area (Å²) in [5.41, 5.74) is 1.20. The van der Waals surface area contributed by atoms with E-state index in [9.17, 15) is 0 Å². The quantitative estimate of drug-likeness (QED) is 0.531. The van der Waals surface area contributed by atoms with E-state index in [0.29, 0.717) is 0 Å². The molecule has 0 saturated heterocycles. The van der Waals surface area contributed by atoms with Gasteiger partial charge in [0, 0.05) is 0 Å². The van der Waals surface area contributed by atoms with Gasteiger partial charge in [0.2, 0.25) is 0 Å². The van der Waals surface area contributed by atoms with E-state index in [4.69, 9.17) is 0 Å². The van der Waals surface area contributed by atoms with Gasteiger partial charge in [-0.3, -0.25) is 0 Å². The van der Waals surface area contributed by atoms with Crippen molar-refractivity contribution in [3.63, 3.8) is 0 Å². The van der Waals surface area contributed by atoms with Gasteiger partial charge in [0.05, 0.1) is 0 Å². The van der Waals surface area contributed by atoms with Crippen molar-refractivity contribution in [1.29, 1.82) is 0 Å². The van der Waals surface area contributed by atoms with Gasteiger partial charge < -0.3 is 0 Å². The van der Waals surface area contributed by atoms with Crippen molar-refractivity contribution in [3.8, 4) is 0 Å². The fourth-order valence-corrected chi connectivity index (χ4v) is 2.88. The predicted molar refractivity (Wildman–Crippen MR) is 70.2 cm³/mol. The average molecular weight is 256 g/mol. The third kappa shape index (κ3) is 10.0. The molecule has 0 aromatic carbocycles. The molecule has 0 heterocycles. The molecule has 0 atom stereocenters. The summed E-state index contributed by atoms with van der Waals surface area (Å²) in [6.45, 7) is 8.47. The van der Waals surface area contributed by atoms with Crippen molar-refractivity contribution >= 4 is 19.0 Å². The summed E-state index contributed by atoms with van der Waals surface area (Å²) in [4.78, 5) is 4.58. The molecule has 1 nitrogen and oxygen atoms in total. The molecular formula is C12H25GeN. The Labute approximate surface area is 92.1 Å². The van der Waals surface area contributed by atoms with Crippen molar-refractivity contribution in [3.05, 3.63) is 12.2 Å². The third-order valence-electron chi connectivity index (χ3n) is 1.60. The van der Waals surface area contributed by atoms with Gasteiger partial charge in [-0.1, -0.05) is 0 Å². The van der Waals surface area contributed by atoms with Gasteiger partial charge in [0.1, 0.15) is 0 Å². The first kappa shape index (κ1) is 14.0. The summed E-state index contributed by atoms with van der Waals surface area (Å²) < 4.78 is 0. The molecule has 0 aliphatic rings. The zero-order valence-corrected chi connectivity index (χ0v) is 12.9. The first-order chi connectivity index (χ1) is 6.10. The van der Waals surface area contributed by atoms with E-state index in [1.54, 1.807) is 0 Å². The van der Waals surface area contributed by atoms with E-state index in [1.165, 1.54) is 5.25 Å². The predicted octanol–water partition coefficient (Wildman–Crippen LogP) is 4.14. The Morgan fingerprint density at radius 2 is 1.71 bits per heavy atom. The molecule has 2 heteroatoms. The third-order valence-corrected chi connectivity index (χ3v) is 4.67. The van der Waals surface area contributed by atoms with Crippen LogP contribution in [0.2, 0.25) is 22.5 Å². The zero-order chi connectivity index (χ0) is 11.4. The van der Waals surface area contributed by atoms with Gasteiger partial charge in [-0.05, 0) is 0 Å². The number of hydrogen-bond acceptors (Lipinski definition) is 1. The molecular weight excluding hydrogens is 231 g/mol. The molecule has 0 aliphatic heterocycles. The summed E-state index contributed by atoms with van der Waals surface area (Å²) in [7, 11) is 0. The van der Waals surface area contributed by atoms with Crippen LogP contribution in [0.5, 0.6) is 0 Å². The first-order valence-electron chi connectivity index (χ1n) is 5.33. The number of hydrogen-bond donors (Lipinski definition) is 0. The van der Waals surface area contributed by atoms with Crippen molar-refractivity contribution in [2.75, 3.05) is 0 Å². The molecule has 0 spiro atoms. The van der Waals surface area contributed by atoms with E-state index in [2.05, 4.69) is 62.1 Å². The fourth-order valence-electron chi connectivity index (χ4n) is 1.15. The van der Waals surface area contributed by atoms with Crippen molar-refractivity contribution in [1.82, 2.24) is 0 Å². The number of aliphatic imine (C=N–C) groups is 1. The van der Waals surface area contributed by atoms with Crippen molar-refractivity contribution < 1.29 is 0 Å². The molecule has 0 saturated carbocycles. The first-order valence-corrected chi connectivity index (χ1v) is 13.1. The Morgan fingerprint density at radius 1 is 1.21 bits per heavy atom. The molecule has 0 amide bonds. The number of rotatable bonds is 3. The number of allylic oxidation sites excluding steroid dienone is 2. The second kappa shape index (κ2) is 5.15. The molecule has 82 valence electrons. The topological polar surface area (TPSA) is 12.4 Å². The molecule has 14 heavy (non-hydrogen) atoms. The van der Waals surface area contributed by atoms with Crippen LogP contribution >= 0.6 is 0 Å². The van der Waals surface area contributed by atoms with Crippen LogP contribution in [0.3, 0.4) is 0 Å². The van der Waals surface area contributed by atoms with E-state index < -0.39 is 13.3 Å². The molecule has 0 aromatic heterocycles. The fraction of sp³-hybridized carbons (Fsp3) is 0.750. The van der Waals surface area contributed by atoms with Crippen LogP contribution in [0.25, 0.3) is 0 Å². The van der Waals surface area contributed by atoms with E-state index in [1.807, 2.05) is 0 Å². The Bertz CT molecular complexity index is 226. The molecule has 0 aliphatic carbocycles. The van der Waals surface area contributed by atoms with E-state index >= 15 is 0 Å². The summed E-state index contributed by atoms with van der Waals surface area (Å²) in [5.74, 6) is 7.29. The molecule has 0 unspecified atom stereocenters. The van der Waals surface area contributed by atoms with Crippen molar-refractivity contribution in [2.24, 2.45) is 4.99 Å². The van der Waals surface area contributed by atoms with Crippen LogP contribution in [-0.4, -0.2) is 24.5 Å². The minimum atomic E-state index is -1.38. The van der Waals surface area contributed by atoms with Gasteiger partial charge in [-0.25, -0.2) is 0 Å². The van der Waals surface area contributed by atoms with Gasteiger partial charge in [0.25, 0.3) is 0 Å². The maximum absolute atomic E-state index is 4.58. The average Bonchev–Trinajstić information content (AvgIpc) is 1.78. The van der Waals surface area contributed by atoms with Crippen LogP contribution in [0.1, 0.15) is 27.7 Å². The van der Waals surface area contributed by atoms with E-state index in [0.717, 1.165) is 5.71 Å². The van der Waals surface area contributed by atoms with E-state index in [-0.39, 0.29) is 5.54 Å². The Kier molecular flexibility index (Phi) is 5.13. The molecule has 0 N–H and O–H groups in total. The Balaban J connectivity index is 4.20. The van der Waals surface area contributed by atoms with Gasteiger partial charge in [0.15, 0.2) is 0 Å². The van der Waals surface area contributed by atoms with Crippen molar-refractivity contribution in [2.45, 2.75) is 55.8 Å². The zero-order valence-electron chi connectivity index (χ0n) is 10.8. The number of nitrogens with zero attached hydrogens (tertiary/aromatic N) is 1. The van der Waals surface area contributed by atoms with Crippen LogP contribution in [0.4, 0.5) is 0 Å². The van der Waals surface area contributed by atoms with Crippen LogP contribution in [0, 0.1) is 0 Å². The van der Waals surface area contributed by atoms with Crippen LogP contribution < -0.4 is 0 Å². The second-order valence-electron chi connectivity index (χ2n) is 6.09. The SMILES string of the molecule is CC(/C=C/[CH2][Ge]([CH3])([CH3])[CH3])=NC(C)(C)C. The second-order valence-corrected chi connectivity index (χ2v) is 17.7. The van der Waals surface area contributed by atoms with Gasteiger partial charge in [-0.2, -0.15) is 0 Å². The molecule has 0 aromatic rings. The minimum absolute atomic E-state index is 0.0532. The summed E-state index contributed by atoms with van der Waals surface area (Å²) in [6, 6.07) is 0. The molecule has 0 bridgehead atoms. The molecule has 0 fully saturated rings. The standard InChI is InChI=1S/C12H25GeN/c1-11(14-12(2,3)4)9-8-10-13(5,6)7/h8-9H,10H2,1-7H3/b9-8+,14-11?. The Morgan fingerprint density at radius 3 is 2.07 bits per heavy atom. The normalized spacial score (nSPS) is 15.2. The Hall–Kier alpha value is -0.0471. The molecule has 0 radical (unpaired) electrons. The monoisotopic (exact) mass is 257 g/mol. The molecule has 0 rings (SSSR count). The van der Waals surface area contributed by atoms with Crippen LogP contribution in [0.15, 0.2) is 17.1 Å². The summed E-state index contributed by atoms with van der Waals surface area (Å²) in [6.07, 6.45) is 4.46. The van der Waals surface area contributed by atoms with Crippen LogP contribution in [-0.2, 0) is 0 Å². The van der Waals surface area contributed by atoms with Gasteiger partial charge in [-0.15, -0.1) is 0 Å². The summed E-state index contributed by atoms with van der Waals surface area (Å²) in [5, 5.41) is 1.29. The maximum atomic E-state index is 4.58. The van der Waals surface area contributed by atoms with Gasteiger partial charge >= 0.3 is 91.9 Å². The summed E-state index contributed by atoms with van der Waals surface area (Å²) >= 11 is -1.38.